The third kappa shape index (κ3) is 4.99. The van der Waals surface area contributed by atoms with Gasteiger partial charge in [-0.05, 0) is 98.7 Å². The highest BCUT2D eigenvalue weighted by molar-refractivity contribution is 7.76. The van der Waals surface area contributed by atoms with Crippen LogP contribution in [-0.2, 0) is 11.3 Å². The first-order valence-electron chi connectivity index (χ1n) is 12.4. The summed E-state index contributed by atoms with van der Waals surface area (Å²) >= 11 is -2.11. The van der Waals surface area contributed by atoms with Crippen molar-refractivity contribution >= 4 is 17.2 Å². The van der Waals surface area contributed by atoms with Gasteiger partial charge < -0.3 is 19.7 Å². The molecular formula is C25H35N2O5S-. The van der Waals surface area contributed by atoms with E-state index in [1.165, 1.54) is 17.1 Å². The summed E-state index contributed by atoms with van der Waals surface area (Å²) in [5.74, 6) is 2.82. The number of hydrogen-bond donors (Lipinski definition) is 2. The highest BCUT2D eigenvalue weighted by Crippen LogP contribution is 2.59. The van der Waals surface area contributed by atoms with Crippen LogP contribution in [-0.4, -0.2) is 56.4 Å². The molecule has 5 aliphatic rings. The van der Waals surface area contributed by atoms with Gasteiger partial charge in [-0.25, -0.2) is 4.31 Å². The predicted molar refractivity (Wildman–Crippen MR) is 124 cm³/mol. The molecule has 6 rings (SSSR count). The fraction of sp³-hybridized carbons (Fsp3) is 0.720. The van der Waals surface area contributed by atoms with Gasteiger partial charge in [0.15, 0.2) is 0 Å². The number of nitrogens with one attached hydrogen (secondary N) is 1. The molecule has 1 saturated heterocycles. The summed E-state index contributed by atoms with van der Waals surface area (Å²) in [6.45, 7) is 2.01. The van der Waals surface area contributed by atoms with Crippen LogP contribution >= 0.6 is 0 Å². The van der Waals surface area contributed by atoms with E-state index in [2.05, 4.69) is 5.32 Å². The Balaban J connectivity index is 1.12. The van der Waals surface area contributed by atoms with E-state index in [0.717, 1.165) is 38.5 Å². The van der Waals surface area contributed by atoms with Crippen molar-refractivity contribution in [1.82, 2.24) is 9.62 Å². The van der Waals surface area contributed by atoms with E-state index in [-0.39, 0.29) is 24.0 Å². The minimum absolute atomic E-state index is 0.0334. The summed E-state index contributed by atoms with van der Waals surface area (Å²) in [5, 5.41) is 13.3. The van der Waals surface area contributed by atoms with Gasteiger partial charge in [0.05, 0.1) is 6.61 Å². The SMILES string of the molecule is O=C(NC1C2CC3CC1CC(CO)(C3)C2)c1cccc(OCCC2CCN(S(=O)[O-])CC2)c1. The molecule has 3 unspecified atom stereocenters. The number of piperidine rings is 1. The van der Waals surface area contributed by atoms with E-state index in [1.807, 2.05) is 24.3 Å². The number of nitrogens with zero attached hydrogens (tertiary/aromatic N) is 1. The molecule has 0 radical (unpaired) electrons. The molecular weight excluding hydrogens is 440 g/mol. The van der Waals surface area contributed by atoms with Crippen molar-refractivity contribution in [1.29, 1.82) is 0 Å². The van der Waals surface area contributed by atoms with Crippen molar-refractivity contribution in [3.8, 4) is 5.75 Å². The minimum atomic E-state index is -2.11. The Kier molecular flexibility index (Phi) is 6.80. The van der Waals surface area contributed by atoms with Crippen LogP contribution in [0.25, 0.3) is 0 Å². The number of ether oxygens (including phenoxy) is 1. The molecule has 4 aliphatic carbocycles. The van der Waals surface area contributed by atoms with Gasteiger partial charge in [0.25, 0.3) is 5.91 Å². The Hall–Kier alpha value is -1.48. The Morgan fingerprint density at radius 2 is 1.94 bits per heavy atom. The summed E-state index contributed by atoms with van der Waals surface area (Å²) in [4.78, 5) is 13.1. The number of amides is 1. The molecule has 3 atom stereocenters. The number of benzene rings is 1. The summed E-state index contributed by atoms with van der Waals surface area (Å²) in [6, 6.07) is 7.63. The lowest BCUT2D eigenvalue weighted by molar-refractivity contribution is -0.0969. The lowest BCUT2D eigenvalue weighted by Gasteiger charge is -2.59. The molecule has 182 valence electrons. The molecule has 7 nitrogen and oxygen atoms in total. The molecule has 1 amide bonds. The first kappa shape index (κ1) is 23.3. The van der Waals surface area contributed by atoms with Crippen LogP contribution in [0.1, 0.15) is 61.7 Å². The number of carbonyl (C=O) groups excluding carboxylic acids is 1. The molecule has 1 heterocycles. The van der Waals surface area contributed by atoms with Crippen molar-refractivity contribution < 1.29 is 23.4 Å². The largest absolute Gasteiger partial charge is 0.760 e. The summed E-state index contributed by atoms with van der Waals surface area (Å²) < 4.78 is 29.5. The second-order valence-corrected chi connectivity index (χ2v) is 11.8. The highest BCUT2D eigenvalue weighted by atomic mass is 32.2. The second-order valence-electron chi connectivity index (χ2n) is 10.9. The second kappa shape index (κ2) is 9.64. The first-order valence-corrected chi connectivity index (χ1v) is 13.5. The fourth-order valence-corrected chi connectivity index (χ4v) is 7.78. The van der Waals surface area contributed by atoms with E-state index in [0.29, 0.717) is 54.7 Å². The van der Waals surface area contributed by atoms with Crippen molar-refractivity contribution in [3.63, 3.8) is 0 Å². The molecule has 33 heavy (non-hydrogen) atoms. The van der Waals surface area contributed by atoms with Gasteiger partial charge >= 0.3 is 0 Å². The lowest BCUT2D eigenvalue weighted by atomic mass is 9.48. The average molecular weight is 476 g/mol. The maximum absolute atomic E-state index is 13.1. The lowest BCUT2D eigenvalue weighted by Crippen LogP contribution is -2.60. The normalized spacial score (nSPS) is 34.8. The van der Waals surface area contributed by atoms with Gasteiger partial charge in [-0.2, -0.15) is 0 Å². The van der Waals surface area contributed by atoms with Crippen LogP contribution in [0.5, 0.6) is 5.75 Å². The van der Waals surface area contributed by atoms with E-state index in [9.17, 15) is 18.7 Å². The standard InChI is InChI=1S/C25H36N2O5S/c28-16-25-13-18-10-20(14-25)23(21(11-18)15-25)26-24(29)19-2-1-3-22(12-19)32-9-6-17-4-7-27(8-5-17)33(30)31/h1-3,12,17-18,20-21,23,28H,4-11,13-16H2,(H,26,29)(H,30,31)/p-1. The Morgan fingerprint density at radius 1 is 1.21 bits per heavy atom. The van der Waals surface area contributed by atoms with Gasteiger partial charge in [-0.1, -0.05) is 6.07 Å². The van der Waals surface area contributed by atoms with Gasteiger partial charge in [-0.3, -0.25) is 9.00 Å². The summed E-state index contributed by atoms with van der Waals surface area (Å²) in [6.07, 6.45) is 8.20. The molecule has 1 aromatic carbocycles. The topological polar surface area (TPSA) is 102 Å². The third-order valence-corrected chi connectivity index (χ3v) is 9.50. The van der Waals surface area contributed by atoms with Crippen LogP contribution in [0.3, 0.4) is 0 Å². The van der Waals surface area contributed by atoms with Gasteiger partial charge in [0.1, 0.15) is 5.75 Å². The quantitative estimate of drug-likeness (QED) is 0.563. The monoisotopic (exact) mass is 475 g/mol. The zero-order chi connectivity index (χ0) is 23.0. The molecule has 4 bridgehead atoms. The molecule has 5 fully saturated rings. The number of aliphatic hydroxyl groups excluding tert-OH is 1. The molecule has 0 aromatic heterocycles. The number of aliphatic hydroxyl groups is 1. The number of rotatable bonds is 8. The summed E-state index contributed by atoms with van der Waals surface area (Å²) in [5.41, 5.74) is 0.734. The average Bonchev–Trinajstić information content (AvgIpc) is 2.81. The molecule has 1 aliphatic heterocycles. The fourth-order valence-electron chi connectivity index (χ4n) is 7.27. The number of hydrogen-bond acceptors (Lipinski definition) is 5. The molecule has 0 spiro atoms. The first-order chi connectivity index (χ1) is 15.9. The Labute approximate surface area is 198 Å². The zero-order valence-electron chi connectivity index (χ0n) is 19.1. The van der Waals surface area contributed by atoms with Crippen LogP contribution < -0.4 is 10.1 Å². The summed E-state index contributed by atoms with van der Waals surface area (Å²) in [7, 11) is 0. The highest BCUT2D eigenvalue weighted by Gasteiger charge is 2.55. The third-order valence-electron chi connectivity index (χ3n) is 8.71. The van der Waals surface area contributed by atoms with E-state index in [4.69, 9.17) is 4.74 Å². The molecule has 1 aromatic rings. The number of carbonyl (C=O) groups is 1. The van der Waals surface area contributed by atoms with Crippen LogP contribution in [0.15, 0.2) is 24.3 Å². The minimum Gasteiger partial charge on any atom is -0.760 e. The Bertz CT molecular complexity index is 871. The molecule has 2 N–H and O–H groups in total. The maximum atomic E-state index is 13.1. The van der Waals surface area contributed by atoms with Gasteiger partial charge in [0, 0.05) is 42.6 Å². The van der Waals surface area contributed by atoms with Gasteiger partial charge in [0.2, 0.25) is 0 Å². The predicted octanol–water partition coefficient (Wildman–Crippen LogP) is 2.88. The molecule has 4 saturated carbocycles. The van der Waals surface area contributed by atoms with Crippen molar-refractivity contribution in [2.45, 2.75) is 57.4 Å². The molecule has 8 heteroatoms. The van der Waals surface area contributed by atoms with Crippen molar-refractivity contribution in [3.05, 3.63) is 29.8 Å². The van der Waals surface area contributed by atoms with Crippen LogP contribution in [0.2, 0.25) is 0 Å². The van der Waals surface area contributed by atoms with Crippen molar-refractivity contribution in [2.24, 2.45) is 29.1 Å². The van der Waals surface area contributed by atoms with E-state index in [1.54, 1.807) is 0 Å². The Morgan fingerprint density at radius 3 is 2.61 bits per heavy atom. The van der Waals surface area contributed by atoms with E-state index < -0.39 is 11.3 Å². The van der Waals surface area contributed by atoms with Crippen LogP contribution in [0, 0.1) is 29.1 Å². The van der Waals surface area contributed by atoms with E-state index >= 15 is 0 Å². The van der Waals surface area contributed by atoms with Crippen LogP contribution in [0.4, 0.5) is 0 Å². The van der Waals surface area contributed by atoms with Gasteiger partial charge in [-0.15, -0.1) is 0 Å². The maximum Gasteiger partial charge on any atom is 0.251 e. The van der Waals surface area contributed by atoms with Crippen molar-refractivity contribution in [2.75, 3.05) is 26.3 Å². The zero-order valence-corrected chi connectivity index (χ0v) is 19.9. The smallest absolute Gasteiger partial charge is 0.251 e.